The lowest BCUT2D eigenvalue weighted by Crippen LogP contribution is -2.13. The van der Waals surface area contributed by atoms with Crippen LogP contribution in [-0.4, -0.2) is 26.3 Å². The highest BCUT2D eigenvalue weighted by molar-refractivity contribution is 7.99. The Morgan fingerprint density at radius 1 is 1.41 bits per heavy atom. The first-order chi connectivity index (χ1) is 14.0. The van der Waals surface area contributed by atoms with Crippen molar-refractivity contribution < 1.29 is 9.21 Å². The second-order valence-corrected chi connectivity index (χ2v) is 10.3. The minimum Gasteiger partial charge on any atom is -0.450 e. The van der Waals surface area contributed by atoms with Crippen LogP contribution in [0.25, 0.3) is 6.08 Å². The predicted octanol–water partition coefficient (Wildman–Crippen LogP) is 5.85. The van der Waals surface area contributed by atoms with Gasteiger partial charge in [-0.3, -0.25) is 10.1 Å². The van der Waals surface area contributed by atoms with E-state index >= 15 is 0 Å². The number of thioether (sulfide) groups is 2. The number of amides is 1. The Labute approximate surface area is 183 Å². The molecule has 0 aliphatic heterocycles. The summed E-state index contributed by atoms with van der Waals surface area (Å²) in [6.07, 6.45) is 7.75. The Balaban J connectivity index is 1.59. The number of nitriles is 1. The summed E-state index contributed by atoms with van der Waals surface area (Å²) in [5.74, 6) is 1.43. The number of anilines is 1. The molecule has 0 saturated heterocycles. The van der Waals surface area contributed by atoms with E-state index in [1.165, 1.54) is 38.2 Å². The van der Waals surface area contributed by atoms with Gasteiger partial charge in [0.2, 0.25) is 10.3 Å². The summed E-state index contributed by atoms with van der Waals surface area (Å²) >= 11 is 4.40. The van der Waals surface area contributed by atoms with Crippen LogP contribution in [0.1, 0.15) is 51.7 Å². The van der Waals surface area contributed by atoms with Gasteiger partial charge >= 0.3 is 0 Å². The van der Waals surface area contributed by atoms with Crippen molar-refractivity contribution in [1.82, 2.24) is 9.36 Å². The zero-order chi connectivity index (χ0) is 20.6. The molecule has 1 N–H and O–H groups in total. The third kappa shape index (κ3) is 6.91. The molecule has 2 heterocycles. The molecule has 1 amide bonds. The minimum atomic E-state index is -0.512. The van der Waals surface area contributed by atoms with Crippen LogP contribution in [0.3, 0.4) is 0 Å². The van der Waals surface area contributed by atoms with E-state index in [9.17, 15) is 10.1 Å². The molecule has 0 spiro atoms. The summed E-state index contributed by atoms with van der Waals surface area (Å²) in [7, 11) is 0. The van der Waals surface area contributed by atoms with Crippen molar-refractivity contribution in [2.45, 2.75) is 61.5 Å². The van der Waals surface area contributed by atoms with E-state index in [4.69, 9.17) is 4.42 Å². The lowest BCUT2D eigenvalue weighted by molar-refractivity contribution is -0.112. The van der Waals surface area contributed by atoms with E-state index < -0.39 is 5.91 Å². The molecule has 154 valence electrons. The van der Waals surface area contributed by atoms with Gasteiger partial charge in [-0.2, -0.15) is 14.6 Å². The van der Waals surface area contributed by atoms with E-state index in [0.717, 1.165) is 22.4 Å². The van der Waals surface area contributed by atoms with Crippen LogP contribution in [0.15, 0.2) is 32.4 Å². The summed E-state index contributed by atoms with van der Waals surface area (Å²) < 4.78 is 10.0. The molecule has 1 aliphatic rings. The average Bonchev–Trinajstić information content (AvgIpc) is 3.34. The van der Waals surface area contributed by atoms with Gasteiger partial charge in [0.1, 0.15) is 17.4 Å². The largest absolute Gasteiger partial charge is 0.450 e. The lowest BCUT2D eigenvalue weighted by atomic mass is 10.0. The third-order valence-corrected chi connectivity index (χ3v) is 7.54. The molecule has 0 atom stereocenters. The van der Waals surface area contributed by atoms with Gasteiger partial charge in [0.25, 0.3) is 5.91 Å². The van der Waals surface area contributed by atoms with Crippen LogP contribution < -0.4 is 5.32 Å². The normalized spacial score (nSPS) is 15.4. The van der Waals surface area contributed by atoms with E-state index in [0.29, 0.717) is 27.2 Å². The maximum atomic E-state index is 12.4. The molecule has 1 aliphatic carbocycles. The van der Waals surface area contributed by atoms with Gasteiger partial charge in [-0.05, 0) is 30.9 Å². The number of nitrogens with one attached hydrogen (secondary N) is 1. The number of furan rings is 1. The maximum Gasteiger partial charge on any atom is 0.268 e. The van der Waals surface area contributed by atoms with Crippen molar-refractivity contribution in [3.63, 3.8) is 0 Å². The summed E-state index contributed by atoms with van der Waals surface area (Å²) in [5.41, 5.74) is -0.0276. The first-order valence-corrected chi connectivity index (χ1v) is 12.3. The van der Waals surface area contributed by atoms with Crippen molar-refractivity contribution >= 4 is 52.2 Å². The smallest absolute Gasteiger partial charge is 0.268 e. The Hall–Kier alpha value is -1.76. The Morgan fingerprint density at radius 3 is 2.93 bits per heavy atom. The van der Waals surface area contributed by atoms with Gasteiger partial charge in [-0.25, -0.2) is 0 Å². The van der Waals surface area contributed by atoms with Gasteiger partial charge in [0.05, 0.1) is 0 Å². The minimum absolute atomic E-state index is 0.0276. The summed E-state index contributed by atoms with van der Waals surface area (Å²) in [4.78, 5) is 16.7. The summed E-state index contributed by atoms with van der Waals surface area (Å²) in [5, 5.41) is 14.5. The predicted molar refractivity (Wildman–Crippen MR) is 119 cm³/mol. The highest BCUT2D eigenvalue weighted by Crippen LogP contribution is 2.34. The van der Waals surface area contributed by atoms with Crippen LogP contribution in [0.4, 0.5) is 5.13 Å². The van der Waals surface area contributed by atoms with E-state index in [-0.39, 0.29) is 5.57 Å². The molecule has 9 heteroatoms. The van der Waals surface area contributed by atoms with E-state index in [1.807, 2.05) is 12.1 Å². The number of carbonyl (C=O) groups excluding carboxylic acids is 1. The molecular formula is C20H24N4O2S3. The molecule has 0 bridgehead atoms. The molecular weight excluding hydrogens is 424 g/mol. The first-order valence-electron chi connectivity index (χ1n) is 9.69. The maximum absolute atomic E-state index is 12.4. The monoisotopic (exact) mass is 448 g/mol. The molecule has 1 fully saturated rings. The van der Waals surface area contributed by atoms with Gasteiger partial charge in [-0.1, -0.05) is 56.6 Å². The van der Waals surface area contributed by atoms with Crippen molar-refractivity contribution in [3.8, 4) is 6.07 Å². The summed E-state index contributed by atoms with van der Waals surface area (Å²) in [6, 6.07) is 5.64. The van der Waals surface area contributed by atoms with Crippen molar-refractivity contribution in [3.05, 3.63) is 23.5 Å². The number of carbonyl (C=O) groups is 1. The molecule has 2 aromatic rings. The number of hydrogen-bond acceptors (Lipinski definition) is 8. The standard InChI is InChI=1S/C20H24N4O2S3/c1-13(2)12-27-20-23-19(29-24-20)22-18(25)14(11-21)10-15-8-9-17(26-15)28-16-6-4-3-5-7-16/h8-10,13,16H,3-7,12H2,1-2H3,(H,22,23,24,25)/b14-10-. The van der Waals surface area contributed by atoms with Gasteiger partial charge in [0, 0.05) is 28.6 Å². The summed E-state index contributed by atoms with van der Waals surface area (Å²) in [6.45, 7) is 4.25. The van der Waals surface area contributed by atoms with E-state index in [2.05, 4.69) is 28.5 Å². The average molecular weight is 449 g/mol. The lowest BCUT2D eigenvalue weighted by Gasteiger charge is -2.19. The van der Waals surface area contributed by atoms with Crippen LogP contribution in [0.2, 0.25) is 0 Å². The van der Waals surface area contributed by atoms with Crippen LogP contribution in [-0.2, 0) is 4.79 Å². The number of nitrogens with zero attached hydrogens (tertiary/aromatic N) is 3. The number of aromatic nitrogens is 2. The quantitative estimate of drug-likeness (QED) is 0.308. The Kier molecular flexibility index (Phi) is 8.21. The van der Waals surface area contributed by atoms with Crippen molar-refractivity contribution in [1.29, 1.82) is 5.26 Å². The highest BCUT2D eigenvalue weighted by atomic mass is 32.2. The fraction of sp³-hybridized carbons (Fsp3) is 0.500. The van der Waals surface area contributed by atoms with Crippen molar-refractivity contribution in [2.24, 2.45) is 5.92 Å². The molecule has 3 rings (SSSR count). The fourth-order valence-corrected chi connectivity index (χ4v) is 5.52. The SMILES string of the molecule is CC(C)CSc1nsc(NC(=O)/C(C#N)=C\c2ccc(SC3CCCCC3)o2)n1. The van der Waals surface area contributed by atoms with Crippen LogP contribution >= 0.6 is 35.1 Å². The van der Waals surface area contributed by atoms with Crippen molar-refractivity contribution in [2.75, 3.05) is 11.1 Å². The second-order valence-electron chi connectivity index (χ2n) is 7.25. The highest BCUT2D eigenvalue weighted by Gasteiger charge is 2.17. The fourth-order valence-electron chi connectivity index (χ4n) is 2.84. The molecule has 6 nitrogen and oxygen atoms in total. The Morgan fingerprint density at radius 2 is 2.21 bits per heavy atom. The zero-order valence-electron chi connectivity index (χ0n) is 16.5. The van der Waals surface area contributed by atoms with Gasteiger partial charge in [-0.15, -0.1) is 0 Å². The zero-order valence-corrected chi connectivity index (χ0v) is 19.0. The number of rotatable bonds is 8. The molecule has 29 heavy (non-hydrogen) atoms. The second kappa shape index (κ2) is 10.9. The molecule has 1 saturated carbocycles. The third-order valence-electron chi connectivity index (χ3n) is 4.26. The Bertz CT molecular complexity index is 892. The first kappa shape index (κ1) is 21.9. The number of hydrogen-bond donors (Lipinski definition) is 1. The topological polar surface area (TPSA) is 91.8 Å². The van der Waals surface area contributed by atoms with Crippen LogP contribution in [0, 0.1) is 17.2 Å². The van der Waals surface area contributed by atoms with Crippen LogP contribution in [0.5, 0.6) is 0 Å². The van der Waals surface area contributed by atoms with E-state index in [1.54, 1.807) is 29.6 Å². The molecule has 0 unspecified atom stereocenters. The molecule has 2 aromatic heterocycles. The molecule has 0 radical (unpaired) electrons. The molecule has 0 aromatic carbocycles. The van der Waals surface area contributed by atoms with Gasteiger partial charge in [0.15, 0.2) is 5.09 Å². The van der Waals surface area contributed by atoms with Gasteiger partial charge < -0.3 is 4.42 Å².